The smallest absolute Gasteiger partial charge is 0.0513 e. The highest BCUT2D eigenvalue weighted by atomic mass is 15.2. The van der Waals surface area contributed by atoms with Gasteiger partial charge in [0, 0.05) is 0 Å². The summed E-state index contributed by atoms with van der Waals surface area (Å²) >= 11 is 0. The average Bonchev–Trinajstić information content (AvgIpc) is 2.92. The van der Waals surface area contributed by atoms with Crippen molar-refractivity contribution in [1.82, 2.24) is 5.43 Å². The van der Waals surface area contributed by atoms with E-state index in [-0.39, 0.29) is 0 Å². The quantitative estimate of drug-likeness (QED) is 0.586. The van der Waals surface area contributed by atoms with Crippen molar-refractivity contribution in [2.24, 2.45) is 11.3 Å². The molecule has 0 radical (unpaired) electrons. The highest BCUT2D eigenvalue weighted by Crippen LogP contribution is 2.54. The van der Waals surface area contributed by atoms with E-state index >= 15 is 0 Å². The lowest BCUT2D eigenvalue weighted by atomic mass is 9.90. The Balaban J connectivity index is 2.31. The number of hydrogen-bond acceptors (Lipinski definition) is 2. The van der Waals surface area contributed by atoms with Crippen LogP contribution in [0.5, 0.6) is 0 Å². The summed E-state index contributed by atoms with van der Waals surface area (Å²) in [5.74, 6) is 5.67. The van der Waals surface area contributed by atoms with Crippen LogP contribution in [-0.2, 0) is 0 Å². The van der Waals surface area contributed by atoms with Crippen LogP contribution in [0.1, 0.15) is 42.5 Å². The van der Waals surface area contributed by atoms with E-state index in [9.17, 15) is 0 Å². The number of nitrogens with one attached hydrogen (secondary N) is 1. The molecule has 2 heteroatoms. The fourth-order valence-corrected chi connectivity index (χ4v) is 2.13. The zero-order valence-electron chi connectivity index (χ0n) is 9.80. The summed E-state index contributed by atoms with van der Waals surface area (Å²) in [6, 6.07) is 6.93. The molecular formula is C13H20N2. The average molecular weight is 204 g/mol. The summed E-state index contributed by atoms with van der Waals surface area (Å²) in [6.45, 7) is 6.59. The van der Waals surface area contributed by atoms with Gasteiger partial charge in [0.15, 0.2) is 0 Å². The molecule has 0 saturated heterocycles. The third-order valence-corrected chi connectivity index (χ3v) is 3.77. The lowest BCUT2D eigenvalue weighted by Crippen LogP contribution is -2.33. The van der Waals surface area contributed by atoms with Crippen molar-refractivity contribution in [1.29, 1.82) is 0 Å². The fourth-order valence-electron chi connectivity index (χ4n) is 2.13. The molecule has 1 aliphatic carbocycles. The molecule has 3 N–H and O–H groups in total. The van der Waals surface area contributed by atoms with Gasteiger partial charge in [0.05, 0.1) is 6.04 Å². The van der Waals surface area contributed by atoms with E-state index in [1.54, 1.807) is 0 Å². The maximum absolute atomic E-state index is 5.67. The molecule has 15 heavy (non-hydrogen) atoms. The SMILES string of the molecule is Cc1ccc(C(NN)C2(C)CC2)cc1C. The Kier molecular flexibility index (Phi) is 2.57. The van der Waals surface area contributed by atoms with Gasteiger partial charge >= 0.3 is 0 Å². The Hall–Kier alpha value is -0.860. The van der Waals surface area contributed by atoms with Crippen molar-refractivity contribution in [2.75, 3.05) is 0 Å². The van der Waals surface area contributed by atoms with Crippen molar-refractivity contribution in [2.45, 2.75) is 39.7 Å². The summed E-state index contributed by atoms with van der Waals surface area (Å²) in [5, 5.41) is 0. The first-order valence-electron chi connectivity index (χ1n) is 5.60. The summed E-state index contributed by atoms with van der Waals surface area (Å²) in [5.41, 5.74) is 7.35. The largest absolute Gasteiger partial charge is 0.271 e. The Morgan fingerprint density at radius 1 is 1.27 bits per heavy atom. The molecule has 2 nitrogen and oxygen atoms in total. The van der Waals surface area contributed by atoms with Crippen LogP contribution < -0.4 is 11.3 Å². The number of hydrazine groups is 1. The third kappa shape index (κ3) is 1.92. The highest BCUT2D eigenvalue weighted by molar-refractivity contribution is 5.33. The zero-order chi connectivity index (χ0) is 11.1. The van der Waals surface area contributed by atoms with Crippen LogP contribution in [-0.4, -0.2) is 0 Å². The number of rotatable bonds is 3. The highest BCUT2D eigenvalue weighted by Gasteiger charge is 2.45. The first-order valence-corrected chi connectivity index (χ1v) is 5.60. The van der Waals surface area contributed by atoms with Crippen molar-refractivity contribution >= 4 is 0 Å². The predicted octanol–water partition coefficient (Wildman–Crippen LogP) is 2.61. The predicted molar refractivity (Wildman–Crippen MR) is 63.3 cm³/mol. The summed E-state index contributed by atoms with van der Waals surface area (Å²) in [6.07, 6.45) is 2.55. The Bertz CT molecular complexity index is 367. The Labute approximate surface area is 91.8 Å². The van der Waals surface area contributed by atoms with E-state index in [0.717, 1.165) is 0 Å². The molecular weight excluding hydrogens is 184 g/mol. The van der Waals surface area contributed by atoms with E-state index in [4.69, 9.17) is 5.84 Å². The summed E-state index contributed by atoms with van der Waals surface area (Å²) < 4.78 is 0. The topological polar surface area (TPSA) is 38.0 Å². The Morgan fingerprint density at radius 3 is 2.40 bits per heavy atom. The van der Waals surface area contributed by atoms with Gasteiger partial charge in [-0.1, -0.05) is 25.1 Å². The molecule has 1 fully saturated rings. The van der Waals surface area contributed by atoms with Crippen LogP contribution in [0.25, 0.3) is 0 Å². The maximum atomic E-state index is 5.67. The van der Waals surface area contributed by atoms with Crippen LogP contribution in [0.15, 0.2) is 18.2 Å². The van der Waals surface area contributed by atoms with E-state index in [0.29, 0.717) is 11.5 Å². The second-order valence-corrected chi connectivity index (χ2v) is 5.10. The normalized spacial score (nSPS) is 20.0. The second kappa shape index (κ2) is 3.62. The monoisotopic (exact) mass is 204 g/mol. The summed E-state index contributed by atoms with van der Waals surface area (Å²) in [7, 11) is 0. The van der Waals surface area contributed by atoms with Gasteiger partial charge in [-0.25, -0.2) is 0 Å². The number of nitrogens with two attached hydrogens (primary N) is 1. The molecule has 0 amide bonds. The molecule has 1 unspecified atom stereocenters. The van der Waals surface area contributed by atoms with Crippen molar-refractivity contribution in [3.63, 3.8) is 0 Å². The number of aryl methyl sites for hydroxylation is 2. The molecule has 1 saturated carbocycles. The summed E-state index contributed by atoms with van der Waals surface area (Å²) in [4.78, 5) is 0. The molecule has 1 aromatic carbocycles. The van der Waals surface area contributed by atoms with E-state index in [1.807, 2.05) is 0 Å². The molecule has 0 aliphatic heterocycles. The van der Waals surface area contributed by atoms with E-state index in [1.165, 1.54) is 29.5 Å². The van der Waals surface area contributed by atoms with E-state index in [2.05, 4.69) is 44.4 Å². The van der Waals surface area contributed by atoms with Crippen LogP contribution in [0, 0.1) is 19.3 Å². The minimum Gasteiger partial charge on any atom is -0.271 e. The first kappa shape index (κ1) is 10.7. The molecule has 0 heterocycles. The standard InChI is InChI=1S/C13H20N2/c1-9-4-5-11(8-10(9)2)12(15-14)13(3)6-7-13/h4-5,8,12,15H,6-7,14H2,1-3H3. The van der Waals surface area contributed by atoms with Crippen molar-refractivity contribution in [3.05, 3.63) is 34.9 Å². The zero-order valence-corrected chi connectivity index (χ0v) is 9.80. The van der Waals surface area contributed by atoms with Crippen molar-refractivity contribution in [3.8, 4) is 0 Å². The van der Waals surface area contributed by atoms with Gasteiger partial charge < -0.3 is 0 Å². The molecule has 0 aromatic heterocycles. The van der Waals surface area contributed by atoms with Crippen LogP contribution in [0.4, 0.5) is 0 Å². The van der Waals surface area contributed by atoms with Gasteiger partial charge in [-0.05, 0) is 48.8 Å². The molecule has 0 spiro atoms. The lowest BCUT2D eigenvalue weighted by molar-refractivity contribution is 0.372. The van der Waals surface area contributed by atoms with Crippen LogP contribution in [0.3, 0.4) is 0 Å². The van der Waals surface area contributed by atoms with Gasteiger partial charge in [-0.2, -0.15) is 0 Å². The van der Waals surface area contributed by atoms with Crippen LogP contribution in [0.2, 0.25) is 0 Å². The second-order valence-electron chi connectivity index (χ2n) is 5.10. The van der Waals surface area contributed by atoms with Gasteiger partial charge in [0.2, 0.25) is 0 Å². The molecule has 1 aliphatic rings. The minimum atomic E-state index is 0.303. The number of benzene rings is 1. The molecule has 1 aromatic rings. The first-order chi connectivity index (χ1) is 7.07. The Morgan fingerprint density at radius 2 is 1.93 bits per heavy atom. The molecule has 82 valence electrons. The molecule has 2 rings (SSSR count). The van der Waals surface area contributed by atoms with Crippen LogP contribution >= 0.6 is 0 Å². The number of hydrogen-bond donors (Lipinski definition) is 2. The van der Waals surface area contributed by atoms with Crippen molar-refractivity contribution < 1.29 is 0 Å². The molecule has 1 atom stereocenters. The van der Waals surface area contributed by atoms with Gasteiger partial charge in [-0.15, -0.1) is 0 Å². The van der Waals surface area contributed by atoms with Gasteiger partial charge in [-0.3, -0.25) is 11.3 Å². The maximum Gasteiger partial charge on any atom is 0.0513 e. The van der Waals surface area contributed by atoms with E-state index < -0.39 is 0 Å². The third-order valence-electron chi connectivity index (χ3n) is 3.77. The lowest BCUT2D eigenvalue weighted by Gasteiger charge is -2.23. The van der Waals surface area contributed by atoms with Gasteiger partial charge in [0.25, 0.3) is 0 Å². The van der Waals surface area contributed by atoms with Gasteiger partial charge in [0.1, 0.15) is 0 Å². The fraction of sp³-hybridized carbons (Fsp3) is 0.538. The minimum absolute atomic E-state index is 0.303. The molecule has 0 bridgehead atoms.